The monoisotopic (exact) mass is 488 g/mol. The van der Waals surface area contributed by atoms with Crippen LogP contribution >= 0.6 is 0 Å². The van der Waals surface area contributed by atoms with Gasteiger partial charge in [0.25, 0.3) is 0 Å². The number of carbonyl (C=O) groups is 3. The number of rotatable bonds is 6. The standard InChI is InChI=1S/C25H28N8O3/c1-3-11-31-16-24(35)32-17-23(34)30(14-19-9-10-20-21(12-19)28-29(2)27-20)15-22(32)33(31)25(36)26-13-18-7-5-4-6-8-18/h3-10,12,22H,1,11,13-17H2,2H3,(H,26,36)/t22-/m0/s1. The smallest absolute Gasteiger partial charge is 0.333 e. The number of hydrazine groups is 1. The van der Waals surface area contributed by atoms with Gasteiger partial charge in [-0.3, -0.25) is 9.59 Å². The minimum atomic E-state index is -0.625. The lowest BCUT2D eigenvalue weighted by molar-refractivity contribution is -0.180. The quantitative estimate of drug-likeness (QED) is 0.521. The molecule has 3 heterocycles. The molecular weight excluding hydrogens is 460 g/mol. The summed E-state index contributed by atoms with van der Waals surface area (Å²) in [7, 11) is 1.76. The van der Waals surface area contributed by atoms with E-state index >= 15 is 0 Å². The van der Waals surface area contributed by atoms with Crippen molar-refractivity contribution in [2.75, 3.05) is 26.2 Å². The first-order valence-electron chi connectivity index (χ1n) is 11.8. The van der Waals surface area contributed by atoms with E-state index in [0.29, 0.717) is 19.6 Å². The van der Waals surface area contributed by atoms with Crippen LogP contribution in [-0.4, -0.2) is 85.0 Å². The normalized spacial score (nSPS) is 18.5. The molecule has 4 amide bonds. The molecule has 186 valence electrons. The van der Waals surface area contributed by atoms with Crippen LogP contribution in [0.4, 0.5) is 4.79 Å². The molecule has 0 bridgehead atoms. The van der Waals surface area contributed by atoms with Crippen LogP contribution in [0.2, 0.25) is 0 Å². The van der Waals surface area contributed by atoms with Crippen LogP contribution in [0.25, 0.3) is 11.0 Å². The number of hydrogen-bond acceptors (Lipinski definition) is 6. The van der Waals surface area contributed by atoms with E-state index in [4.69, 9.17) is 0 Å². The first-order valence-corrected chi connectivity index (χ1v) is 11.8. The van der Waals surface area contributed by atoms with Crippen LogP contribution in [-0.2, 0) is 29.7 Å². The molecule has 2 aliphatic rings. The predicted octanol–water partition coefficient (Wildman–Crippen LogP) is 1.09. The zero-order valence-corrected chi connectivity index (χ0v) is 20.1. The maximum absolute atomic E-state index is 13.4. The summed E-state index contributed by atoms with van der Waals surface area (Å²) in [5.41, 5.74) is 3.38. The maximum atomic E-state index is 13.4. The molecule has 5 rings (SSSR count). The van der Waals surface area contributed by atoms with Gasteiger partial charge in [-0.15, -0.1) is 6.58 Å². The number of benzene rings is 2. The number of urea groups is 1. The molecule has 1 N–H and O–H groups in total. The summed E-state index contributed by atoms with van der Waals surface area (Å²) in [6.07, 6.45) is 1.03. The summed E-state index contributed by atoms with van der Waals surface area (Å²) in [4.78, 5) is 44.0. The molecule has 36 heavy (non-hydrogen) atoms. The van der Waals surface area contributed by atoms with Crippen molar-refractivity contribution < 1.29 is 14.4 Å². The van der Waals surface area contributed by atoms with Gasteiger partial charge in [-0.2, -0.15) is 15.0 Å². The van der Waals surface area contributed by atoms with Crippen molar-refractivity contribution in [1.82, 2.24) is 40.1 Å². The second-order valence-corrected chi connectivity index (χ2v) is 8.91. The first kappa shape index (κ1) is 23.5. The topological polar surface area (TPSA) is 107 Å². The molecule has 0 aliphatic carbocycles. The van der Waals surface area contributed by atoms with Crippen molar-refractivity contribution in [2.45, 2.75) is 19.3 Å². The first-order chi connectivity index (χ1) is 17.4. The molecule has 0 saturated carbocycles. The van der Waals surface area contributed by atoms with Gasteiger partial charge in [0, 0.05) is 26.7 Å². The van der Waals surface area contributed by atoms with E-state index in [9.17, 15) is 14.4 Å². The Hall–Kier alpha value is -4.25. The van der Waals surface area contributed by atoms with Crippen LogP contribution in [0.3, 0.4) is 0 Å². The van der Waals surface area contributed by atoms with E-state index in [1.54, 1.807) is 28.0 Å². The SMILES string of the molecule is C=CCN1CC(=O)N2CC(=O)N(Cc3ccc4nn(C)nc4c3)C[C@@H]2N1C(=O)NCc1ccccc1. The lowest BCUT2D eigenvalue weighted by atomic mass is 10.1. The van der Waals surface area contributed by atoms with Gasteiger partial charge in [-0.25, -0.2) is 14.8 Å². The zero-order chi connectivity index (χ0) is 25.2. The Balaban J connectivity index is 1.37. The van der Waals surface area contributed by atoms with Crippen LogP contribution < -0.4 is 5.32 Å². The number of amides is 4. The van der Waals surface area contributed by atoms with E-state index in [1.165, 1.54) is 9.70 Å². The summed E-state index contributed by atoms with van der Waals surface area (Å²) in [5, 5.41) is 14.8. The fraction of sp³-hybridized carbons (Fsp3) is 0.320. The Morgan fingerprint density at radius 1 is 1.06 bits per heavy atom. The van der Waals surface area contributed by atoms with Crippen LogP contribution in [0.5, 0.6) is 0 Å². The second-order valence-electron chi connectivity index (χ2n) is 8.91. The summed E-state index contributed by atoms with van der Waals surface area (Å²) in [5.74, 6) is -0.358. The second kappa shape index (κ2) is 9.78. The van der Waals surface area contributed by atoms with Crippen molar-refractivity contribution in [1.29, 1.82) is 0 Å². The minimum absolute atomic E-state index is 0.00208. The van der Waals surface area contributed by atoms with Gasteiger partial charge in [0.15, 0.2) is 0 Å². The molecule has 0 unspecified atom stereocenters. The molecule has 1 atom stereocenters. The molecule has 0 radical (unpaired) electrons. The minimum Gasteiger partial charge on any atom is -0.333 e. The Kier molecular flexibility index (Phi) is 6.38. The molecule has 2 fully saturated rings. The molecule has 1 aromatic heterocycles. The number of nitrogens with zero attached hydrogens (tertiary/aromatic N) is 7. The number of piperazine rings is 1. The number of fused-ring (bicyclic) bond motifs is 2. The van der Waals surface area contributed by atoms with E-state index < -0.39 is 6.17 Å². The molecule has 2 aromatic carbocycles. The van der Waals surface area contributed by atoms with E-state index in [0.717, 1.165) is 22.2 Å². The Morgan fingerprint density at radius 2 is 1.83 bits per heavy atom. The molecular formula is C25H28N8O3. The van der Waals surface area contributed by atoms with Gasteiger partial charge in [-0.1, -0.05) is 42.5 Å². The highest BCUT2D eigenvalue weighted by atomic mass is 16.2. The lowest BCUT2D eigenvalue weighted by Gasteiger charge is -2.52. The molecule has 11 nitrogen and oxygen atoms in total. The fourth-order valence-corrected chi connectivity index (χ4v) is 4.68. The van der Waals surface area contributed by atoms with Crippen molar-refractivity contribution in [3.63, 3.8) is 0 Å². The third kappa shape index (κ3) is 4.65. The third-order valence-corrected chi connectivity index (χ3v) is 6.38. The maximum Gasteiger partial charge on any atom is 0.334 e. The van der Waals surface area contributed by atoms with Crippen LogP contribution in [0.15, 0.2) is 61.2 Å². The molecule has 0 spiro atoms. The highest BCUT2D eigenvalue weighted by Crippen LogP contribution is 2.24. The largest absolute Gasteiger partial charge is 0.334 e. The highest BCUT2D eigenvalue weighted by molar-refractivity contribution is 5.89. The Labute approximate surface area is 208 Å². The summed E-state index contributed by atoms with van der Waals surface area (Å²) < 4.78 is 0. The fourth-order valence-electron chi connectivity index (χ4n) is 4.68. The van der Waals surface area contributed by atoms with Gasteiger partial charge < -0.3 is 15.1 Å². The van der Waals surface area contributed by atoms with Gasteiger partial charge in [0.2, 0.25) is 11.8 Å². The summed E-state index contributed by atoms with van der Waals surface area (Å²) in [6.45, 7) is 4.89. The number of hydrogen-bond donors (Lipinski definition) is 1. The third-order valence-electron chi connectivity index (χ3n) is 6.38. The van der Waals surface area contributed by atoms with Crippen molar-refractivity contribution >= 4 is 28.9 Å². The molecule has 2 saturated heterocycles. The van der Waals surface area contributed by atoms with Crippen LogP contribution in [0.1, 0.15) is 11.1 Å². The van der Waals surface area contributed by atoms with Crippen LogP contribution in [0, 0.1) is 0 Å². The van der Waals surface area contributed by atoms with E-state index in [2.05, 4.69) is 22.1 Å². The number of aryl methyl sites for hydroxylation is 1. The van der Waals surface area contributed by atoms with Gasteiger partial charge >= 0.3 is 6.03 Å². The van der Waals surface area contributed by atoms with Crippen molar-refractivity contribution in [3.8, 4) is 0 Å². The number of carbonyl (C=O) groups excluding carboxylic acids is 3. The average molecular weight is 489 g/mol. The number of nitrogens with one attached hydrogen (secondary N) is 1. The summed E-state index contributed by atoms with van der Waals surface area (Å²) in [6, 6.07) is 15.0. The van der Waals surface area contributed by atoms with Gasteiger partial charge in [0.05, 0.1) is 13.1 Å². The summed E-state index contributed by atoms with van der Waals surface area (Å²) >= 11 is 0. The lowest BCUT2D eigenvalue weighted by Crippen LogP contribution is -2.73. The van der Waals surface area contributed by atoms with Crippen molar-refractivity contribution in [3.05, 3.63) is 72.3 Å². The van der Waals surface area contributed by atoms with E-state index in [-0.39, 0.29) is 37.5 Å². The highest BCUT2D eigenvalue weighted by Gasteiger charge is 2.46. The predicted molar refractivity (Wildman–Crippen MR) is 132 cm³/mol. The molecule has 3 aromatic rings. The molecule has 2 aliphatic heterocycles. The van der Waals surface area contributed by atoms with Crippen molar-refractivity contribution in [2.24, 2.45) is 7.05 Å². The Bertz CT molecular complexity index is 1310. The zero-order valence-electron chi connectivity index (χ0n) is 20.1. The Morgan fingerprint density at radius 3 is 2.61 bits per heavy atom. The van der Waals surface area contributed by atoms with Gasteiger partial charge in [0.1, 0.15) is 23.7 Å². The van der Waals surface area contributed by atoms with E-state index in [1.807, 2.05) is 48.5 Å². The average Bonchev–Trinajstić information content (AvgIpc) is 3.24. The van der Waals surface area contributed by atoms with Gasteiger partial charge in [-0.05, 0) is 23.3 Å². The number of aromatic nitrogens is 3. The molecule has 11 heteroatoms.